The Bertz CT molecular complexity index is 276. The van der Waals surface area contributed by atoms with E-state index in [0.717, 1.165) is 6.42 Å². The van der Waals surface area contributed by atoms with Crippen molar-refractivity contribution in [2.75, 3.05) is 0 Å². The fourth-order valence-corrected chi connectivity index (χ4v) is 2.99. The van der Waals surface area contributed by atoms with Crippen LogP contribution < -0.4 is 5.73 Å². The Balaban J connectivity index is 2.32. The van der Waals surface area contributed by atoms with E-state index in [4.69, 9.17) is 10.8 Å². The summed E-state index contributed by atoms with van der Waals surface area (Å²) in [7, 11) is 0. The van der Waals surface area contributed by atoms with Gasteiger partial charge in [0.1, 0.15) is 0 Å². The van der Waals surface area contributed by atoms with Crippen LogP contribution in [-0.4, -0.2) is 17.0 Å². The number of carboxylic acids is 1. The molecule has 0 heterocycles. The van der Waals surface area contributed by atoms with Gasteiger partial charge in [-0.2, -0.15) is 0 Å². The zero-order chi connectivity index (χ0) is 9.64. The molecule has 2 bridgehead atoms. The van der Waals surface area contributed by atoms with Crippen molar-refractivity contribution in [1.29, 1.82) is 0 Å². The number of nitrogens with two attached hydrogens (primary N) is 1. The van der Waals surface area contributed by atoms with Crippen molar-refractivity contribution in [1.82, 2.24) is 0 Å². The minimum atomic E-state index is -0.860. The fraction of sp³-hybridized carbons (Fsp3) is 0.778. The van der Waals surface area contributed by atoms with Crippen LogP contribution in [0.4, 0.5) is 0 Å². The quantitative estimate of drug-likeness (QED) is 0.648. The largest absolute Gasteiger partial charge is 0.481 e. The van der Waals surface area contributed by atoms with Gasteiger partial charge in [0.25, 0.3) is 0 Å². The third kappa shape index (κ3) is 0.975. The van der Waals surface area contributed by atoms with Crippen LogP contribution in [0.3, 0.4) is 0 Å². The lowest BCUT2D eigenvalue weighted by molar-refractivity contribution is -0.151. The van der Waals surface area contributed by atoms with Gasteiger partial charge in [-0.15, -0.1) is 0 Å². The summed E-state index contributed by atoms with van der Waals surface area (Å²) in [4.78, 5) is 22.1. The van der Waals surface area contributed by atoms with Gasteiger partial charge in [-0.3, -0.25) is 9.59 Å². The Morgan fingerprint density at radius 1 is 1.46 bits per heavy atom. The SMILES string of the molecule is NC(=O)C12CCC(CC1C(=O)O)C2. The first-order chi connectivity index (χ1) is 6.06. The minimum absolute atomic E-state index is 0.411. The molecule has 13 heavy (non-hydrogen) atoms. The lowest BCUT2D eigenvalue weighted by Gasteiger charge is -2.28. The molecule has 0 aromatic carbocycles. The molecule has 4 nitrogen and oxygen atoms in total. The number of carboxylic acid groups (broad SMARTS) is 1. The van der Waals surface area contributed by atoms with E-state index >= 15 is 0 Å². The van der Waals surface area contributed by atoms with E-state index in [-0.39, 0.29) is 0 Å². The van der Waals surface area contributed by atoms with Crippen molar-refractivity contribution in [3.05, 3.63) is 0 Å². The maximum atomic E-state index is 11.3. The number of amides is 1. The highest BCUT2D eigenvalue weighted by atomic mass is 16.4. The van der Waals surface area contributed by atoms with E-state index in [1.165, 1.54) is 0 Å². The molecule has 0 saturated heterocycles. The highest BCUT2D eigenvalue weighted by Gasteiger charge is 2.58. The predicted molar refractivity (Wildman–Crippen MR) is 44.7 cm³/mol. The lowest BCUT2D eigenvalue weighted by atomic mass is 9.74. The highest BCUT2D eigenvalue weighted by Crippen LogP contribution is 2.57. The lowest BCUT2D eigenvalue weighted by Crippen LogP contribution is -2.42. The molecule has 3 unspecified atom stereocenters. The first kappa shape index (κ1) is 8.53. The molecule has 2 fully saturated rings. The van der Waals surface area contributed by atoms with Crippen LogP contribution in [0, 0.1) is 17.3 Å². The molecule has 72 valence electrons. The van der Waals surface area contributed by atoms with Crippen molar-refractivity contribution in [3.63, 3.8) is 0 Å². The average Bonchev–Trinajstić information content (AvgIpc) is 2.60. The van der Waals surface area contributed by atoms with Crippen LogP contribution in [0.15, 0.2) is 0 Å². The number of primary amides is 1. The van der Waals surface area contributed by atoms with E-state index in [0.29, 0.717) is 25.2 Å². The molecule has 2 saturated carbocycles. The molecule has 0 spiro atoms. The van der Waals surface area contributed by atoms with Gasteiger partial charge in [-0.05, 0) is 31.6 Å². The number of aliphatic carboxylic acids is 1. The second kappa shape index (κ2) is 2.47. The van der Waals surface area contributed by atoms with Crippen LogP contribution in [0.5, 0.6) is 0 Å². The molecular weight excluding hydrogens is 170 g/mol. The molecule has 3 N–H and O–H groups in total. The van der Waals surface area contributed by atoms with Gasteiger partial charge in [-0.1, -0.05) is 0 Å². The van der Waals surface area contributed by atoms with Crippen LogP contribution in [0.25, 0.3) is 0 Å². The predicted octanol–water partition coefficient (Wildman–Crippen LogP) is 0.363. The molecule has 0 aromatic rings. The van der Waals surface area contributed by atoms with Crippen molar-refractivity contribution < 1.29 is 14.7 Å². The molecule has 2 rings (SSSR count). The van der Waals surface area contributed by atoms with Gasteiger partial charge in [0.05, 0.1) is 11.3 Å². The second-order valence-electron chi connectivity index (χ2n) is 4.26. The first-order valence-corrected chi connectivity index (χ1v) is 4.59. The van der Waals surface area contributed by atoms with Crippen LogP contribution >= 0.6 is 0 Å². The van der Waals surface area contributed by atoms with Gasteiger partial charge in [-0.25, -0.2) is 0 Å². The Morgan fingerprint density at radius 2 is 2.15 bits per heavy atom. The minimum Gasteiger partial charge on any atom is -0.481 e. The van der Waals surface area contributed by atoms with E-state index in [1.54, 1.807) is 0 Å². The number of hydrogen-bond acceptors (Lipinski definition) is 2. The second-order valence-corrected chi connectivity index (χ2v) is 4.26. The van der Waals surface area contributed by atoms with Gasteiger partial charge in [0, 0.05) is 0 Å². The summed E-state index contributed by atoms with van der Waals surface area (Å²) in [5, 5.41) is 8.94. The summed E-state index contributed by atoms with van der Waals surface area (Å²) in [6.07, 6.45) is 2.97. The van der Waals surface area contributed by atoms with Gasteiger partial charge in [0.15, 0.2) is 0 Å². The number of rotatable bonds is 2. The first-order valence-electron chi connectivity index (χ1n) is 4.59. The van der Waals surface area contributed by atoms with Crippen molar-refractivity contribution >= 4 is 11.9 Å². The van der Waals surface area contributed by atoms with Crippen LogP contribution in [0.1, 0.15) is 25.7 Å². The summed E-state index contributed by atoms with van der Waals surface area (Å²) >= 11 is 0. The Labute approximate surface area is 76.1 Å². The van der Waals surface area contributed by atoms with Gasteiger partial charge < -0.3 is 10.8 Å². The molecule has 2 aliphatic carbocycles. The van der Waals surface area contributed by atoms with Gasteiger partial charge >= 0.3 is 5.97 Å². The number of fused-ring (bicyclic) bond motifs is 2. The fourth-order valence-electron chi connectivity index (χ4n) is 2.99. The normalized spacial score (nSPS) is 42.2. The standard InChI is InChI=1S/C9H13NO3/c10-8(13)9-2-1-5(4-9)3-6(9)7(11)12/h5-6H,1-4H2,(H2,10,13)(H,11,12). The summed E-state index contributed by atoms with van der Waals surface area (Å²) in [6.45, 7) is 0. The summed E-state index contributed by atoms with van der Waals surface area (Å²) in [6, 6.07) is 0. The zero-order valence-corrected chi connectivity index (χ0v) is 7.32. The molecule has 0 aromatic heterocycles. The zero-order valence-electron chi connectivity index (χ0n) is 7.32. The summed E-state index contributed by atoms with van der Waals surface area (Å²) in [5.74, 6) is -1.39. The smallest absolute Gasteiger partial charge is 0.307 e. The maximum Gasteiger partial charge on any atom is 0.307 e. The highest BCUT2D eigenvalue weighted by molar-refractivity contribution is 5.88. The molecule has 0 aliphatic heterocycles. The van der Waals surface area contributed by atoms with Crippen LogP contribution in [0.2, 0.25) is 0 Å². The van der Waals surface area contributed by atoms with Crippen molar-refractivity contribution in [2.24, 2.45) is 23.0 Å². The number of hydrogen-bond donors (Lipinski definition) is 2. The monoisotopic (exact) mass is 183 g/mol. The number of carbonyl (C=O) groups is 2. The topological polar surface area (TPSA) is 80.4 Å². The van der Waals surface area contributed by atoms with Crippen molar-refractivity contribution in [2.45, 2.75) is 25.7 Å². The van der Waals surface area contributed by atoms with E-state index in [2.05, 4.69) is 0 Å². The van der Waals surface area contributed by atoms with E-state index < -0.39 is 23.2 Å². The average molecular weight is 183 g/mol. The molecule has 3 atom stereocenters. The Hall–Kier alpha value is -1.06. The molecule has 2 aliphatic rings. The number of carbonyl (C=O) groups excluding carboxylic acids is 1. The van der Waals surface area contributed by atoms with Gasteiger partial charge in [0.2, 0.25) is 5.91 Å². The summed E-state index contributed by atoms with van der Waals surface area (Å²) < 4.78 is 0. The maximum absolute atomic E-state index is 11.3. The summed E-state index contributed by atoms with van der Waals surface area (Å²) in [5.41, 5.74) is 4.58. The molecule has 4 heteroatoms. The Kier molecular flexibility index (Phi) is 1.62. The molecular formula is C9H13NO3. The van der Waals surface area contributed by atoms with E-state index in [1.807, 2.05) is 0 Å². The molecule has 0 radical (unpaired) electrons. The van der Waals surface area contributed by atoms with Crippen LogP contribution in [-0.2, 0) is 9.59 Å². The third-order valence-corrected chi connectivity index (χ3v) is 3.68. The van der Waals surface area contributed by atoms with Crippen molar-refractivity contribution in [3.8, 4) is 0 Å². The molecule has 1 amide bonds. The third-order valence-electron chi connectivity index (χ3n) is 3.68. The Morgan fingerprint density at radius 3 is 2.54 bits per heavy atom. The van der Waals surface area contributed by atoms with E-state index in [9.17, 15) is 9.59 Å².